The molecule has 5 nitrogen and oxygen atoms in total. The lowest BCUT2D eigenvalue weighted by Crippen LogP contribution is -2.25. The third kappa shape index (κ3) is 2.22. The second-order valence-corrected chi connectivity index (χ2v) is 3.55. The van der Waals surface area contributed by atoms with Crippen LogP contribution >= 0.6 is 0 Å². The van der Waals surface area contributed by atoms with Gasteiger partial charge in [0.25, 0.3) is 0 Å². The number of benzene rings is 1. The molecular formula is C12H13NO4. The van der Waals surface area contributed by atoms with Crippen molar-refractivity contribution >= 4 is 12.4 Å². The van der Waals surface area contributed by atoms with Crippen LogP contribution in [0.25, 0.3) is 0 Å². The van der Waals surface area contributed by atoms with E-state index in [0.717, 1.165) is 11.3 Å². The van der Waals surface area contributed by atoms with Gasteiger partial charge in [-0.2, -0.15) is 0 Å². The van der Waals surface area contributed by atoms with Gasteiger partial charge in [-0.15, -0.1) is 0 Å². The summed E-state index contributed by atoms with van der Waals surface area (Å²) in [5.41, 5.74) is 0.860. The summed E-state index contributed by atoms with van der Waals surface area (Å²) in [5.74, 6) is 0.349. The van der Waals surface area contributed by atoms with Gasteiger partial charge in [-0.1, -0.05) is 12.1 Å². The van der Waals surface area contributed by atoms with Crippen LogP contribution in [0.2, 0.25) is 0 Å². The summed E-state index contributed by atoms with van der Waals surface area (Å²) in [6.07, 6.45) is 0.865. The molecule has 0 aromatic heterocycles. The molecule has 17 heavy (non-hydrogen) atoms. The lowest BCUT2D eigenvalue weighted by atomic mass is 10.0. The molecule has 1 aromatic carbocycles. The van der Waals surface area contributed by atoms with Crippen molar-refractivity contribution in [3.8, 4) is 5.75 Å². The van der Waals surface area contributed by atoms with Gasteiger partial charge in [0.05, 0.1) is 14.2 Å². The average Bonchev–Trinajstić information content (AvgIpc) is 2.87. The number of carbonyl (C=O) groups excluding carboxylic acids is 1. The summed E-state index contributed by atoms with van der Waals surface area (Å²) in [6.45, 7) is 0. The van der Waals surface area contributed by atoms with Crippen LogP contribution in [0.1, 0.15) is 11.7 Å². The average molecular weight is 235 g/mol. The van der Waals surface area contributed by atoms with Gasteiger partial charge in [-0.05, 0) is 17.7 Å². The molecule has 1 aliphatic heterocycles. The fourth-order valence-corrected chi connectivity index (χ4v) is 1.68. The van der Waals surface area contributed by atoms with Crippen molar-refractivity contribution in [1.29, 1.82) is 0 Å². The molecule has 2 rings (SSSR count). The van der Waals surface area contributed by atoms with Gasteiger partial charge < -0.3 is 14.2 Å². The molecule has 0 bridgehead atoms. The summed E-state index contributed by atoms with van der Waals surface area (Å²) >= 11 is 0. The number of hydrogen-bond donors (Lipinski definition) is 0. The third-order valence-corrected chi connectivity index (χ3v) is 2.60. The van der Waals surface area contributed by atoms with Crippen molar-refractivity contribution < 1.29 is 19.0 Å². The Morgan fingerprint density at radius 1 is 1.29 bits per heavy atom. The molecule has 90 valence electrons. The Bertz CT molecular complexity index is 427. The van der Waals surface area contributed by atoms with E-state index in [0.29, 0.717) is 0 Å². The molecular weight excluding hydrogens is 222 g/mol. The number of nitrogens with zero attached hydrogens (tertiary/aromatic N) is 1. The highest BCUT2D eigenvalue weighted by atomic mass is 16.5. The Hall–Kier alpha value is -2.04. The molecule has 1 aromatic rings. The minimum atomic E-state index is -0.631. The van der Waals surface area contributed by atoms with E-state index >= 15 is 0 Å². The highest BCUT2D eigenvalue weighted by Crippen LogP contribution is 2.28. The SMILES string of the molecule is COC(=O)[C@H]1N=CO[C@H]1c1ccc(OC)cc1. The van der Waals surface area contributed by atoms with E-state index in [9.17, 15) is 4.79 Å². The first-order chi connectivity index (χ1) is 8.26. The van der Waals surface area contributed by atoms with Crippen LogP contribution < -0.4 is 4.74 Å². The highest BCUT2D eigenvalue weighted by molar-refractivity contribution is 5.80. The Balaban J connectivity index is 2.18. The number of rotatable bonds is 3. The van der Waals surface area contributed by atoms with Crippen molar-refractivity contribution in [3.05, 3.63) is 29.8 Å². The summed E-state index contributed by atoms with van der Waals surface area (Å²) in [5, 5.41) is 0. The predicted molar refractivity (Wildman–Crippen MR) is 61.1 cm³/mol. The van der Waals surface area contributed by atoms with Crippen molar-refractivity contribution in [3.63, 3.8) is 0 Å². The van der Waals surface area contributed by atoms with Crippen molar-refractivity contribution in [2.24, 2.45) is 4.99 Å². The van der Waals surface area contributed by atoms with Gasteiger partial charge in [0.15, 0.2) is 18.5 Å². The first-order valence-corrected chi connectivity index (χ1v) is 5.15. The fourth-order valence-electron chi connectivity index (χ4n) is 1.68. The topological polar surface area (TPSA) is 57.1 Å². The van der Waals surface area contributed by atoms with Gasteiger partial charge in [0.1, 0.15) is 5.75 Å². The number of hydrogen-bond acceptors (Lipinski definition) is 5. The van der Waals surface area contributed by atoms with Crippen LogP contribution in [0, 0.1) is 0 Å². The van der Waals surface area contributed by atoms with Gasteiger partial charge in [0, 0.05) is 0 Å². The van der Waals surface area contributed by atoms with E-state index in [2.05, 4.69) is 9.73 Å². The maximum absolute atomic E-state index is 11.5. The fraction of sp³-hybridized carbons (Fsp3) is 0.333. The molecule has 0 radical (unpaired) electrons. The quantitative estimate of drug-likeness (QED) is 0.742. The normalized spacial score (nSPS) is 22.0. The smallest absolute Gasteiger partial charge is 0.334 e. The van der Waals surface area contributed by atoms with Crippen LogP contribution in [0.3, 0.4) is 0 Å². The zero-order valence-electron chi connectivity index (χ0n) is 9.62. The molecule has 0 N–H and O–H groups in total. The molecule has 5 heteroatoms. The molecule has 0 fully saturated rings. The summed E-state index contributed by atoms with van der Waals surface area (Å²) < 4.78 is 15.1. The van der Waals surface area contributed by atoms with E-state index in [1.54, 1.807) is 7.11 Å². The molecule has 1 heterocycles. The Kier molecular flexibility index (Phi) is 3.27. The lowest BCUT2D eigenvalue weighted by molar-refractivity contribution is -0.143. The molecule has 0 saturated carbocycles. The second-order valence-electron chi connectivity index (χ2n) is 3.55. The summed E-state index contributed by atoms with van der Waals surface area (Å²) in [7, 11) is 2.93. The first kappa shape index (κ1) is 11.4. The summed E-state index contributed by atoms with van der Waals surface area (Å²) in [6, 6.07) is 6.67. The van der Waals surface area contributed by atoms with Crippen LogP contribution in [0.4, 0.5) is 0 Å². The number of esters is 1. The summed E-state index contributed by atoms with van der Waals surface area (Å²) in [4.78, 5) is 15.4. The molecule has 2 atom stereocenters. The van der Waals surface area contributed by atoms with Crippen LogP contribution in [0.15, 0.2) is 29.3 Å². The zero-order valence-corrected chi connectivity index (χ0v) is 9.62. The molecule has 0 aliphatic carbocycles. The van der Waals surface area contributed by atoms with E-state index in [1.165, 1.54) is 13.5 Å². The van der Waals surface area contributed by atoms with Crippen molar-refractivity contribution in [2.75, 3.05) is 14.2 Å². The van der Waals surface area contributed by atoms with E-state index in [1.807, 2.05) is 24.3 Å². The van der Waals surface area contributed by atoms with Crippen LogP contribution in [-0.2, 0) is 14.3 Å². The minimum Gasteiger partial charge on any atom is -0.497 e. The number of aliphatic imine (C=N–C) groups is 1. The van der Waals surface area contributed by atoms with Gasteiger partial charge >= 0.3 is 5.97 Å². The minimum absolute atomic E-state index is 0.403. The standard InChI is InChI=1S/C12H13NO4/c1-15-9-5-3-8(4-6-9)11-10(12(14)16-2)13-7-17-11/h3-7,10-11H,1-2H3/t10-,11-/m0/s1. The first-order valence-electron chi connectivity index (χ1n) is 5.15. The largest absolute Gasteiger partial charge is 0.497 e. The Morgan fingerprint density at radius 2 is 2.00 bits per heavy atom. The Morgan fingerprint density at radius 3 is 2.59 bits per heavy atom. The molecule has 0 unspecified atom stereocenters. The maximum Gasteiger partial charge on any atom is 0.334 e. The van der Waals surface area contributed by atoms with Crippen molar-refractivity contribution in [2.45, 2.75) is 12.1 Å². The third-order valence-electron chi connectivity index (χ3n) is 2.60. The second kappa shape index (κ2) is 4.86. The predicted octanol–water partition coefficient (Wildman–Crippen LogP) is 1.34. The van der Waals surface area contributed by atoms with Crippen LogP contribution in [-0.4, -0.2) is 32.6 Å². The lowest BCUT2D eigenvalue weighted by Gasteiger charge is -2.15. The molecule has 0 saturated heterocycles. The number of carbonyl (C=O) groups is 1. The van der Waals surface area contributed by atoms with E-state index in [4.69, 9.17) is 9.47 Å². The van der Waals surface area contributed by atoms with Gasteiger partial charge in [0.2, 0.25) is 0 Å². The highest BCUT2D eigenvalue weighted by Gasteiger charge is 2.34. The zero-order chi connectivity index (χ0) is 12.3. The van der Waals surface area contributed by atoms with E-state index < -0.39 is 18.1 Å². The Labute approximate surface area is 99.0 Å². The molecule has 1 aliphatic rings. The number of ether oxygens (including phenoxy) is 3. The maximum atomic E-state index is 11.5. The van der Waals surface area contributed by atoms with Crippen molar-refractivity contribution in [1.82, 2.24) is 0 Å². The number of methoxy groups -OCH3 is 2. The monoisotopic (exact) mass is 235 g/mol. The molecule has 0 amide bonds. The van der Waals surface area contributed by atoms with E-state index in [-0.39, 0.29) is 0 Å². The van der Waals surface area contributed by atoms with Gasteiger partial charge in [-0.25, -0.2) is 9.79 Å². The molecule has 0 spiro atoms. The van der Waals surface area contributed by atoms with Gasteiger partial charge in [-0.3, -0.25) is 0 Å². The van der Waals surface area contributed by atoms with Crippen LogP contribution in [0.5, 0.6) is 5.75 Å².